The van der Waals surface area contributed by atoms with E-state index in [9.17, 15) is 4.79 Å². The predicted octanol–water partition coefficient (Wildman–Crippen LogP) is 0.0826. The third-order valence-corrected chi connectivity index (χ3v) is 8.47. The van der Waals surface area contributed by atoms with Gasteiger partial charge < -0.3 is 114 Å². The van der Waals surface area contributed by atoms with Crippen molar-refractivity contribution in [2.24, 2.45) is 0 Å². The first-order valence-corrected chi connectivity index (χ1v) is 25.2. The molecule has 0 saturated heterocycles. The molecule has 0 atom stereocenters. The standard InChI is InChI=1S/C47H94O25/c1-50-2-3-51-4-5-52-6-7-53-8-9-54-10-11-55-12-13-56-14-15-57-16-17-58-18-19-59-20-21-60-22-23-61-24-25-62-26-27-63-28-29-64-30-31-65-32-33-66-34-35-67-36-37-68-38-39-69-40-41-70-42-43-71-44-45-72-46-47(48)49/h2-46H2,1H3,(H,48,49). The van der Waals surface area contributed by atoms with E-state index in [4.69, 9.17) is 114 Å². The predicted molar refractivity (Wildman–Crippen MR) is 258 cm³/mol. The summed E-state index contributed by atoms with van der Waals surface area (Å²) in [6, 6.07) is 0. The van der Waals surface area contributed by atoms with E-state index in [1.54, 1.807) is 7.11 Å². The molecular formula is C47H94O25. The van der Waals surface area contributed by atoms with Crippen LogP contribution in [-0.4, -0.2) is 315 Å². The summed E-state index contributed by atoms with van der Waals surface area (Å²) < 4.78 is 124. The lowest BCUT2D eigenvalue weighted by Gasteiger charge is -2.09. The number of carboxylic acid groups (broad SMARTS) is 1. The normalized spacial score (nSPS) is 11.7. The molecule has 0 amide bonds. The zero-order valence-electron chi connectivity index (χ0n) is 43.6. The number of ether oxygens (including phenoxy) is 23. The molecule has 0 aliphatic heterocycles. The van der Waals surface area contributed by atoms with E-state index >= 15 is 0 Å². The summed E-state index contributed by atoms with van der Waals surface area (Å²) in [5.74, 6) is -1.00. The van der Waals surface area contributed by atoms with Gasteiger partial charge in [-0.05, 0) is 0 Å². The van der Waals surface area contributed by atoms with E-state index in [2.05, 4.69) is 0 Å². The van der Waals surface area contributed by atoms with Crippen LogP contribution >= 0.6 is 0 Å². The summed E-state index contributed by atoms with van der Waals surface area (Å²) in [7, 11) is 1.64. The molecule has 72 heavy (non-hydrogen) atoms. The number of carboxylic acids is 1. The number of aliphatic carboxylic acids is 1. The highest BCUT2D eigenvalue weighted by atomic mass is 16.6. The molecule has 0 rings (SSSR count). The van der Waals surface area contributed by atoms with Crippen molar-refractivity contribution in [1.29, 1.82) is 0 Å². The second-order valence-corrected chi connectivity index (χ2v) is 14.3. The zero-order valence-corrected chi connectivity index (χ0v) is 43.6. The summed E-state index contributed by atoms with van der Waals surface area (Å²) in [5, 5.41) is 8.45. The molecule has 1 N–H and O–H groups in total. The lowest BCUT2D eigenvalue weighted by molar-refractivity contribution is -0.142. The van der Waals surface area contributed by atoms with Crippen molar-refractivity contribution in [3.8, 4) is 0 Å². The number of carbonyl (C=O) groups is 1. The third kappa shape index (κ3) is 68.6. The molecule has 25 nitrogen and oxygen atoms in total. The molecule has 0 radical (unpaired) electrons. The molecule has 25 heteroatoms. The van der Waals surface area contributed by atoms with Gasteiger partial charge in [-0.3, -0.25) is 0 Å². The van der Waals surface area contributed by atoms with E-state index in [0.29, 0.717) is 284 Å². The van der Waals surface area contributed by atoms with E-state index in [-0.39, 0.29) is 13.2 Å². The maximum Gasteiger partial charge on any atom is 0.329 e. The Bertz CT molecular complexity index is 982. The van der Waals surface area contributed by atoms with Crippen LogP contribution in [0, 0.1) is 0 Å². The lowest BCUT2D eigenvalue weighted by atomic mass is 10.6. The van der Waals surface area contributed by atoms with Crippen LogP contribution in [0.1, 0.15) is 0 Å². The molecular weight excluding hydrogens is 964 g/mol. The van der Waals surface area contributed by atoms with Crippen molar-refractivity contribution in [2.75, 3.05) is 304 Å². The number of hydrogen-bond acceptors (Lipinski definition) is 24. The molecule has 0 aliphatic rings. The van der Waals surface area contributed by atoms with Gasteiger partial charge in [0.1, 0.15) is 6.61 Å². The molecule has 0 aromatic carbocycles. The molecule has 0 fully saturated rings. The maximum absolute atomic E-state index is 10.3. The average Bonchev–Trinajstić information content (AvgIpc) is 3.38. The summed E-state index contributed by atoms with van der Waals surface area (Å²) in [6.07, 6.45) is 0. The zero-order chi connectivity index (χ0) is 51.7. The SMILES string of the molecule is COCCOCCOCCOCCOCCOCCOCCOCCOCCOCCOCCOCCOCCOCCOCCOCCOCCOCCOCCOCCOCCOCCOCC(=O)O. The monoisotopic (exact) mass is 1060 g/mol. The van der Waals surface area contributed by atoms with Crippen LogP contribution in [0.2, 0.25) is 0 Å². The Balaban J connectivity index is 3.07. The second kappa shape index (κ2) is 67.6. The van der Waals surface area contributed by atoms with Gasteiger partial charge in [-0.15, -0.1) is 0 Å². The van der Waals surface area contributed by atoms with Gasteiger partial charge >= 0.3 is 5.97 Å². The summed E-state index contributed by atoms with van der Waals surface area (Å²) in [4.78, 5) is 10.3. The van der Waals surface area contributed by atoms with Crippen molar-refractivity contribution in [1.82, 2.24) is 0 Å². The minimum absolute atomic E-state index is 0.234. The van der Waals surface area contributed by atoms with Crippen LogP contribution in [0.5, 0.6) is 0 Å². The third-order valence-electron chi connectivity index (χ3n) is 8.47. The largest absolute Gasteiger partial charge is 0.480 e. The lowest BCUT2D eigenvalue weighted by Crippen LogP contribution is -2.16. The highest BCUT2D eigenvalue weighted by Crippen LogP contribution is 1.90. The minimum Gasteiger partial charge on any atom is -0.480 e. The number of hydrogen-bond donors (Lipinski definition) is 1. The Labute approximate surface area is 428 Å². The fraction of sp³-hybridized carbons (Fsp3) is 0.979. The molecule has 0 saturated carbocycles. The average molecular weight is 1060 g/mol. The van der Waals surface area contributed by atoms with Crippen LogP contribution in [0.3, 0.4) is 0 Å². The molecule has 432 valence electrons. The van der Waals surface area contributed by atoms with E-state index in [1.807, 2.05) is 0 Å². The highest BCUT2D eigenvalue weighted by molar-refractivity contribution is 5.67. The molecule has 0 aromatic heterocycles. The van der Waals surface area contributed by atoms with Gasteiger partial charge in [0.2, 0.25) is 0 Å². The van der Waals surface area contributed by atoms with E-state index in [1.165, 1.54) is 0 Å². The van der Waals surface area contributed by atoms with Crippen LogP contribution in [-0.2, 0) is 114 Å². The molecule has 0 aliphatic carbocycles. The van der Waals surface area contributed by atoms with Crippen molar-refractivity contribution in [3.63, 3.8) is 0 Å². The second-order valence-electron chi connectivity index (χ2n) is 14.3. The maximum atomic E-state index is 10.3. The fourth-order valence-corrected chi connectivity index (χ4v) is 4.92. The Morgan fingerprint density at radius 1 is 0.194 bits per heavy atom. The summed E-state index contributed by atoms with van der Waals surface area (Å²) >= 11 is 0. The first-order chi connectivity index (χ1) is 35.8. The molecule has 0 unspecified atom stereocenters. The highest BCUT2D eigenvalue weighted by Gasteiger charge is 2.00. The number of rotatable bonds is 68. The Kier molecular flexibility index (Phi) is 66.2. The smallest absolute Gasteiger partial charge is 0.329 e. The van der Waals surface area contributed by atoms with Crippen LogP contribution < -0.4 is 0 Å². The van der Waals surface area contributed by atoms with Crippen molar-refractivity contribution < 1.29 is 119 Å². The van der Waals surface area contributed by atoms with Gasteiger partial charge in [0.05, 0.1) is 291 Å². The van der Waals surface area contributed by atoms with Crippen molar-refractivity contribution in [3.05, 3.63) is 0 Å². The first-order valence-electron chi connectivity index (χ1n) is 25.2. The Morgan fingerprint density at radius 2 is 0.292 bits per heavy atom. The molecule has 0 heterocycles. The van der Waals surface area contributed by atoms with Crippen molar-refractivity contribution in [2.45, 2.75) is 0 Å². The minimum atomic E-state index is -1.00. The van der Waals surface area contributed by atoms with E-state index in [0.717, 1.165) is 0 Å². The van der Waals surface area contributed by atoms with Gasteiger partial charge in [0.15, 0.2) is 0 Å². The quantitative estimate of drug-likeness (QED) is 0.0793. The van der Waals surface area contributed by atoms with Crippen molar-refractivity contribution >= 4 is 5.97 Å². The summed E-state index contributed by atoms with van der Waals surface area (Å²) in [5.41, 5.74) is 0. The van der Waals surface area contributed by atoms with Gasteiger partial charge in [0, 0.05) is 7.11 Å². The summed E-state index contributed by atoms with van der Waals surface area (Å²) in [6.45, 7) is 20.8. The first kappa shape index (κ1) is 70.5. The van der Waals surface area contributed by atoms with Gasteiger partial charge in [-0.2, -0.15) is 0 Å². The topological polar surface area (TPSA) is 250 Å². The Morgan fingerprint density at radius 3 is 0.389 bits per heavy atom. The van der Waals surface area contributed by atoms with E-state index < -0.39 is 5.97 Å². The van der Waals surface area contributed by atoms with Crippen LogP contribution in [0.15, 0.2) is 0 Å². The van der Waals surface area contributed by atoms with Gasteiger partial charge in [-0.25, -0.2) is 4.79 Å². The van der Waals surface area contributed by atoms with Crippen LogP contribution in [0.25, 0.3) is 0 Å². The molecule has 0 aromatic rings. The van der Waals surface area contributed by atoms with Gasteiger partial charge in [0.25, 0.3) is 0 Å². The van der Waals surface area contributed by atoms with Crippen LogP contribution in [0.4, 0.5) is 0 Å². The number of methoxy groups -OCH3 is 1. The van der Waals surface area contributed by atoms with Gasteiger partial charge in [-0.1, -0.05) is 0 Å². The molecule has 0 spiro atoms. The molecule has 0 bridgehead atoms. The Hall–Kier alpha value is -1.45. The fourth-order valence-electron chi connectivity index (χ4n) is 4.92.